The van der Waals surface area contributed by atoms with Gasteiger partial charge in [0.2, 0.25) is 0 Å². The van der Waals surface area contributed by atoms with Gasteiger partial charge in [-0.1, -0.05) is 11.6 Å². The van der Waals surface area contributed by atoms with Gasteiger partial charge in [0.05, 0.1) is 11.9 Å². The van der Waals surface area contributed by atoms with Crippen LogP contribution < -0.4 is 5.32 Å². The van der Waals surface area contributed by atoms with E-state index in [1.807, 2.05) is 0 Å². The van der Waals surface area contributed by atoms with Gasteiger partial charge in [-0.05, 0) is 39.7 Å². The minimum atomic E-state index is -0.619. The smallest absolute Gasteiger partial charge is 0.412 e. The molecule has 1 saturated carbocycles. The molecule has 108 valence electrons. The molecule has 0 bridgehead atoms. The van der Waals surface area contributed by atoms with Gasteiger partial charge < -0.3 is 4.74 Å². The summed E-state index contributed by atoms with van der Waals surface area (Å²) in [5, 5.41) is 2.78. The van der Waals surface area contributed by atoms with Gasteiger partial charge in [0.25, 0.3) is 0 Å². The number of hydrogen-bond acceptors (Lipinski definition) is 4. The van der Waals surface area contributed by atoms with E-state index in [2.05, 4.69) is 10.3 Å². The van der Waals surface area contributed by atoms with Crippen molar-refractivity contribution in [3.63, 3.8) is 0 Å². The number of anilines is 1. The number of carbonyl (C=O) groups excluding carboxylic acids is 2. The largest absolute Gasteiger partial charge is 0.444 e. The highest BCUT2D eigenvalue weighted by molar-refractivity contribution is 6.30. The number of amides is 1. The number of ketones is 1. The van der Waals surface area contributed by atoms with Gasteiger partial charge in [-0.25, -0.2) is 9.78 Å². The average molecular weight is 297 g/mol. The van der Waals surface area contributed by atoms with E-state index in [0.717, 1.165) is 12.8 Å². The Hall–Kier alpha value is -1.62. The monoisotopic (exact) mass is 296 g/mol. The highest BCUT2D eigenvalue weighted by Crippen LogP contribution is 2.35. The van der Waals surface area contributed by atoms with Gasteiger partial charge in [-0.3, -0.25) is 10.1 Å². The van der Waals surface area contributed by atoms with Gasteiger partial charge in [-0.2, -0.15) is 0 Å². The van der Waals surface area contributed by atoms with E-state index in [1.165, 1.54) is 12.3 Å². The molecule has 1 amide bonds. The predicted molar refractivity (Wildman–Crippen MR) is 76.2 cm³/mol. The number of rotatable bonds is 3. The maximum absolute atomic E-state index is 12.2. The van der Waals surface area contributed by atoms with Gasteiger partial charge >= 0.3 is 6.09 Å². The molecule has 0 saturated heterocycles. The fraction of sp³-hybridized carbons (Fsp3) is 0.500. The van der Waals surface area contributed by atoms with E-state index in [9.17, 15) is 9.59 Å². The van der Waals surface area contributed by atoms with E-state index in [4.69, 9.17) is 16.3 Å². The number of Topliss-reactive ketones (excluding diaryl/α,β-unsaturated/α-hetero) is 1. The van der Waals surface area contributed by atoms with Crippen molar-refractivity contribution in [2.75, 3.05) is 5.32 Å². The Morgan fingerprint density at radius 2 is 2.05 bits per heavy atom. The van der Waals surface area contributed by atoms with Crippen LogP contribution in [-0.2, 0) is 4.74 Å². The average Bonchev–Trinajstić information content (AvgIpc) is 3.12. The molecule has 0 aliphatic heterocycles. The Balaban J connectivity index is 2.18. The fourth-order valence-electron chi connectivity index (χ4n) is 1.71. The van der Waals surface area contributed by atoms with Crippen molar-refractivity contribution in [2.45, 2.75) is 39.2 Å². The lowest BCUT2D eigenvalue weighted by molar-refractivity contribution is 0.0636. The number of carbonyl (C=O) groups is 2. The fourth-order valence-corrected chi connectivity index (χ4v) is 1.87. The molecule has 2 rings (SSSR count). The van der Waals surface area contributed by atoms with Crippen LogP contribution in [0.15, 0.2) is 12.3 Å². The van der Waals surface area contributed by atoms with Gasteiger partial charge in [0.1, 0.15) is 10.8 Å². The second-order valence-corrected chi connectivity index (χ2v) is 6.21. The lowest BCUT2D eigenvalue weighted by Crippen LogP contribution is -2.27. The number of aromatic nitrogens is 1. The van der Waals surface area contributed by atoms with E-state index >= 15 is 0 Å². The molecule has 0 radical (unpaired) electrons. The van der Waals surface area contributed by atoms with Crippen LogP contribution in [0.5, 0.6) is 0 Å². The molecular formula is C14H17ClN2O3. The van der Waals surface area contributed by atoms with Crippen molar-refractivity contribution < 1.29 is 14.3 Å². The third kappa shape index (κ3) is 3.93. The summed E-state index contributed by atoms with van der Waals surface area (Å²) in [6, 6.07) is 1.48. The van der Waals surface area contributed by atoms with Crippen LogP contribution in [0.2, 0.25) is 5.15 Å². The molecule has 0 unspecified atom stereocenters. The third-order valence-corrected chi connectivity index (χ3v) is 2.93. The first-order chi connectivity index (χ1) is 9.26. The zero-order valence-corrected chi connectivity index (χ0v) is 12.5. The first-order valence-electron chi connectivity index (χ1n) is 6.46. The van der Waals surface area contributed by atoms with Crippen molar-refractivity contribution in [1.29, 1.82) is 0 Å². The molecule has 6 heteroatoms. The molecule has 1 aromatic rings. The van der Waals surface area contributed by atoms with E-state index in [1.54, 1.807) is 20.8 Å². The molecule has 0 aromatic carbocycles. The molecular weight excluding hydrogens is 280 g/mol. The Morgan fingerprint density at radius 1 is 1.40 bits per heavy atom. The highest BCUT2D eigenvalue weighted by Gasteiger charge is 2.32. The van der Waals surface area contributed by atoms with Crippen molar-refractivity contribution in [2.24, 2.45) is 5.92 Å². The molecule has 1 aromatic heterocycles. The topological polar surface area (TPSA) is 68.3 Å². The van der Waals surface area contributed by atoms with Crippen LogP contribution >= 0.6 is 11.6 Å². The molecule has 1 aliphatic carbocycles. The standard InChI is InChI=1S/C14H17ClN2O3/c1-14(2,3)20-13(19)17-10-7-16-11(15)6-9(10)12(18)8-4-5-8/h6-8H,4-5H2,1-3H3,(H,17,19). The lowest BCUT2D eigenvalue weighted by atomic mass is 10.1. The van der Waals surface area contributed by atoms with E-state index in [-0.39, 0.29) is 16.9 Å². The van der Waals surface area contributed by atoms with E-state index in [0.29, 0.717) is 11.3 Å². The normalized spacial score (nSPS) is 14.8. The summed E-state index contributed by atoms with van der Waals surface area (Å²) in [4.78, 5) is 27.8. The number of hydrogen-bond donors (Lipinski definition) is 1. The van der Waals surface area contributed by atoms with Crippen LogP contribution in [0.3, 0.4) is 0 Å². The number of nitrogens with one attached hydrogen (secondary N) is 1. The van der Waals surface area contributed by atoms with Crippen LogP contribution in [-0.4, -0.2) is 22.5 Å². The molecule has 0 spiro atoms. The van der Waals surface area contributed by atoms with Crippen LogP contribution in [0.4, 0.5) is 10.5 Å². The summed E-state index contributed by atoms with van der Waals surface area (Å²) in [5.41, 5.74) is 0.115. The van der Waals surface area contributed by atoms with Gasteiger partial charge in [0.15, 0.2) is 5.78 Å². The SMILES string of the molecule is CC(C)(C)OC(=O)Nc1cnc(Cl)cc1C(=O)C1CC1. The van der Waals surface area contributed by atoms with Crippen LogP contribution in [0.1, 0.15) is 44.0 Å². The van der Waals surface area contributed by atoms with Crippen molar-refractivity contribution in [3.05, 3.63) is 23.0 Å². The van der Waals surface area contributed by atoms with Gasteiger partial charge in [0, 0.05) is 11.5 Å². The zero-order chi connectivity index (χ0) is 14.9. The molecule has 5 nitrogen and oxygen atoms in total. The van der Waals surface area contributed by atoms with Gasteiger partial charge in [-0.15, -0.1) is 0 Å². The molecule has 1 fully saturated rings. The maximum Gasteiger partial charge on any atom is 0.412 e. The number of nitrogens with zero attached hydrogens (tertiary/aromatic N) is 1. The number of pyridine rings is 1. The third-order valence-electron chi connectivity index (χ3n) is 2.72. The van der Waals surface area contributed by atoms with Crippen molar-refractivity contribution in [3.8, 4) is 0 Å². The summed E-state index contributed by atoms with van der Waals surface area (Å²) in [6.07, 6.45) is 2.52. The summed E-state index contributed by atoms with van der Waals surface area (Å²) in [5.74, 6) is 0.0213. The molecule has 1 N–H and O–H groups in total. The molecule has 20 heavy (non-hydrogen) atoms. The second kappa shape index (κ2) is 5.40. The van der Waals surface area contributed by atoms with E-state index < -0.39 is 11.7 Å². The second-order valence-electron chi connectivity index (χ2n) is 5.82. The Bertz CT molecular complexity index is 548. The summed E-state index contributed by atoms with van der Waals surface area (Å²) < 4.78 is 5.16. The number of halogens is 1. The summed E-state index contributed by atoms with van der Waals surface area (Å²) >= 11 is 5.82. The van der Waals surface area contributed by atoms with Crippen LogP contribution in [0, 0.1) is 5.92 Å². The van der Waals surface area contributed by atoms with Crippen molar-refractivity contribution in [1.82, 2.24) is 4.98 Å². The Labute approximate surface area is 122 Å². The van der Waals surface area contributed by atoms with Crippen molar-refractivity contribution >= 4 is 29.2 Å². The minimum absolute atomic E-state index is 0.0136. The molecule has 1 aliphatic rings. The maximum atomic E-state index is 12.2. The zero-order valence-electron chi connectivity index (χ0n) is 11.7. The minimum Gasteiger partial charge on any atom is -0.444 e. The summed E-state index contributed by atoms with van der Waals surface area (Å²) in [6.45, 7) is 5.30. The first-order valence-corrected chi connectivity index (χ1v) is 6.84. The predicted octanol–water partition coefficient (Wildman–Crippen LogP) is 3.67. The van der Waals surface area contributed by atoms with Crippen LogP contribution in [0.25, 0.3) is 0 Å². The molecule has 1 heterocycles. The Kier molecular flexibility index (Phi) is 3.99. The summed E-state index contributed by atoms with van der Waals surface area (Å²) in [7, 11) is 0. The highest BCUT2D eigenvalue weighted by atomic mass is 35.5. The first kappa shape index (κ1) is 14.8. The number of ether oxygens (including phenoxy) is 1. The lowest BCUT2D eigenvalue weighted by Gasteiger charge is -2.20. The molecule has 0 atom stereocenters. The Morgan fingerprint density at radius 3 is 2.60 bits per heavy atom. The quantitative estimate of drug-likeness (QED) is 0.682.